The minimum Gasteiger partial charge on any atom is -0.478 e. The van der Waals surface area contributed by atoms with Gasteiger partial charge in [-0.15, -0.1) is 0 Å². The second-order valence-electron chi connectivity index (χ2n) is 4.57. The van der Waals surface area contributed by atoms with Crippen LogP contribution in [-0.4, -0.2) is 44.1 Å². The molecule has 0 unspecified atom stereocenters. The van der Waals surface area contributed by atoms with E-state index in [2.05, 4.69) is 0 Å². The van der Waals surface area contributed by atoms with Gasteiger partial charge in [0.15, 0.2) is 9.84 Å². The van der Waals surface area contributed by atoms with Crippen LogP contribution in [0.15, 0.2) is 18.2 Å². The van der Waals surface area contributed by atoms with E-state index in [1.54, 1.807) is 12.1 Å². The molecule has 1 aliphatic heterocycles. The van der Waals surface area contributed by atoms with Crippen LogP contribution in [0, 0.1) is 0 Å². The van der Waals surface area contributed by atoms with Crippen LogP contribution in [0.4, 0.5) is 11.4 Å². The number of sulfone groups is 1. The Labute approximate surface area is 111 Å². The minimum atomic E-state index is -2.96. The Balaban J connectivity index is 2.23. The van der Waals surface area contributed by atoms with Crippen molar-refractivity contribution in [3.63, 3.8) is 0 Å². The van der Waals surface area contributed by atoms with E-state index in [9.17, 15) is 13.2 Å². The summed E-state index contributed by atoms with van der Waals surface area (Å²) >= 11 is 0. The van der Waals surface area contributed by atoms with E-state index >= 15 is 0 Å². The fourth-order valence-electron chi connectivity index (χ4n) is 2.14. The van der Waals surface area contributed by atoms with Crippen LogP contribution in [0.1, 0.15) is 16.8 Å². The molecule has 0 bridgehead atoms. The molecule has 1 aromatic carbocycles. The summed E-state index contributed by atoms with van der Waals surface area (Å²) in [5.74, 6) is -0.748. The highest BCUT2D eigenvalue weighted by molar-refractivity contribution is 7.91. The summed E-state index contributed by atoms with van der Waals surface area (Å²) < 4.78 is 23.1. The van der Waals surface area contributed by atoms with E-state index in [1.807, 2.05) is 4.90 Å². The van der Waals surface area contributed by atoms with Crippen molar-refractivity contribution in [2.45, 2.75) is 6.42 Å². The summed E-state index contributed by atoms with van der Waals surface area (Å²) in [7, 11) is -2.96. The highest BCUT2D eigenvalue weighted by atomic mass is 32.2. The number of carboxylic acids is 1. The van der Waals surface area contributed by atoms with Gasteiger partial charge < -0.3 is 15.7 Å². The van der Waals surface area contributed by atoms with Gasteiger partial charge >= 0.3 is 5.97 Å². The third kappa shape index (κ3) is 3.17. The average molecular weight is 284 g/mol. The maximum atomic E-state index is 11.5. The molecule has 7 heteroatoms. The van der Waals surface area contributed by atoms with E-state index in [4.69, 9.17) is 10.8 Å². The number of hydrogen-bond acceptors (Lipinski definition) is 5. The van der Waals surface area contributed by atoms with E-state index in [0.717, 1.165) is 5.69 Å². The van der Waals surface area contributed by atoms with Gasteiger partial charge in [0, 0.05) is 24.5 Å². The molecule has 1 heterocycles. The monoisotopic (exact) mass is 284 g/mol. The number of anilines is 2. The number of nitrogens with two attached hydrogens (primary N) is 1. The van der Waals surface area contributed by atoms with Gasteiger partial charge in [-0.1, -0.05) is 0 Å². The maximum absolute atomic E-state index is 11.5. The minimum absolute atomic E-state index is 0.0613. The molecule has 104 valence electrons. The number of nitrogens with zero attached hydrogens (tertiary/aromatic N) is 1. The first-order valence-corrected chi connectivity index (χ1v) is 7.79. The Morgan fingerprint density at radius 1 is 1.26 bits per heavy atom. The zero-order valence-corrected chi connectivity index (χ0v) is 11.2. The number of benzene rings is 1. The highest BCUT2D eigenvalue weighted by Crippen LogP contribution is 2.23. The van der Waals surface area contributed by atoms with Crippen LogP contribution >= 0.6 is 0 Å². The van der Waals surface area contributed by atoms with E-state index in [0.29, 0.717) is 19.5 Å². The normalized spacial score (nSPS) is 18.8. The summed E-state index contributed by atoms with van der Waals surface area (Å²) in [4.78, 5) is 12.8. The molecule has 19 heavy (non-hydrogen) atoms. The molecular formula is C12H16N2O4S. The van der Waals surface area contributed by atoms with Gasteiger partial charge in [0.1, 0.15) is 0 Å². The van der Waals surface area contributed by atoms with Crippen LogP contribution in [0.3, 0.4) is 0 Å². The summed E-state index contributed by atoms with van der Waals surface area (Å²) in [6.07, 6.45) is 0.572. The molecule has 1 saturated heterocycles. The molecule has 0 radical (unpaired) electrons. The number of carboxylic acid groups (broad SMARTS) is 1. The fraction of sp³-hybridized carbons (Fsp3) is 0.417. The average Bonchev–Trinajstić information content (AvgIpc) is 2.49. The second-order valence-corrected chi connectivity index (χ2v) is 6.87. The van der Waals surface area contributed by atoms with Crippen molar-refractivity contribution in [3.05, 3.63) is 23.8 Å². The third-order valence-electron chi connectivity index (χ3n) is 3.19. The number of hydrogen-bond donors (Lipinski definition) is 2. The number of carbonyl (C=O) groups is 1. The lowest BCUT2D eigenvalue weighted by molar-refractivity contribution is 0.0698. The fourth-order valence-corrected chi connectivity index (χ4v) is 3.41. The van der Waals surface area contributed by atoms with Gasteiger partial charge in [0.05, 0.1) is 17.1 Å². The molecular weight excluding hydrogens is 268 g/mol. The molecule has 0 spiro atoms. The van der Waals surface area contributed by atoms with Crippen molar-refractivity contribution in [1.82, 2.24) is 0 Å². The molecule has 3 N–H and O–H groups in total. The lowest BCUT2D eigenvalue weighted by Crippen LogP contribution is -2.26. The highest BCUT2D eigenvalue weighted by Gasteiger charge is 2.20. The number of aromatic carboxylic acids is 1. The Hall–Kier alpha value is -1.76. The first-order valence-electron chi connectivity index (χ1n) is 5.97. The molecule has 0 atom stereocenters. The molecule has 0 aromatic heterocycles. The largest absolute Gasteiger partial charge is 0.478 e. The van der Waals surface area contributed by atoms with Crippen molar-refractivity contribution in [2.24, 2.45) is 0 Å². The zero-order valence-electron chi connectivity index (χ0n) is 10.4. The Bertz CT molecular complexity index is 598. The van der Waals surface area contributed by atoms with E-state index in [-0.39, 0.29) is 22.8 Å². The second kappa shape index (κ2) is 5.08. The molecule has 1 aliphatic rings. The first-order chi connectivity index (χ1) is 8.89. The Morgan fingerprint density at radius 3 is 2.63 bits per heavy atom. The van der Waals surface area contributed by atoms with Crippen LogP contribution in [0.25, 0.3) is 0 Å². The number of rotatable bonds is 2. The summed E-state index contributed by atoms with van der Waals surface area (Å²) in [5, 5.41) is 8.91. The Morgan fingerprint density at radius 2 is 2.00 bits per heavy atom. The van der Waals surface area contributed by atoms with Crippen molar-refractivity contribution < 1.29 is 18.3 Å². The van der Waals surface area contributed by atoms with Gasteiger partial charge in [-0.3, -0.25) is 0 Å². The summed E-state index contributed by atoms with van der Waals surface area (Å²) in [6.45, 7) is 1.04. The van der Waals surface area contributed by atoms with Crippen LogP contribution in [-0.2, 0) is 9.84 Å². The zero-order chi connectivity index (χ0) is 14.0. The topological polar surface area (TPSA) is 101 Å². The van der Waals surface area contributed by atoms with Gasteiger partial charge in [-0.25, -0.2) is 13.2 Å². The summed E-state index contributed by atoms with van der Waals surface area (Å²) in [6, 6.07) is 4.70. The molecule has 2 rings (SSSR count). The van der Waals surface area contributed by atoms with E-state index in [1.165, 1.54) is 6.07 Å². The standard InChI is InChI=1S/C12H16N2O4S/c13-11-8-9(2-3-10(11)12(15)16)14-4-1-6-19(17,18)7-5-14/h2-3,8H,1,4-7,13H2,(H,15,16). The quantitative estimate of drug-likeness (QED) is 0.771. The maximum Gasteiger partial charge on any atom is 0.337 e. The van der Waals surface area contributed by atoms with Crippen molar-refractivity contribution in [1.29, 1.82) is 0 Å². The predicted molar refractivity (Wildman–Crippen MR) is 73.3 cm³/mol. The van der Waals surface area contributed by atoms with Crippen molar-refractivity contribution >= 4 is 27.2 Å². The Kier molecular flexibility index (Phi) is 3.66. The molecule has 6 nitrogen and oxygen atoms in total. The predicted octanol–water partition coefficient (Wildman–Crippen LogP) is 0.592. The van der Waals surface area contributed by atoms with Gasteiger partial charge in [0.25, 0.3) is 0 Å². The third-order valence-corrected chi connectivity index (χ3v) is 4.90. The molecule has 1 aromatic rings. The smallest absolute Gasteiger partial charge is 0.337 e. The molecule has 0 aliphatic carbocycles. The van der Waals surface area contributed by atoms with E-state index < -0.39 is 15.8 Å². The van der Waals surface area contributed by atoms with Crippen LogP contribution in [0.5, 0.6) is 0 Å². The molecule has 0 amide bonds. The molecule has 0 saturated carbocycles. The lowest BCUT2D eigenvalue weighted by atomic mass is 10.1. The first kappa shape index (κ1) is 13.7. The van der Waals surface area contributed by atoms with Gasteiger partial charge in [-0.2, -0.15) is 0 Å². The summed E-state index contributed by atoms with van der Waals surface area (Å²) in [5.41, 5.74) is 6.71. The molecule has 1 fully saturated rings. The van der Waals surface area contributed by atoms with Crippen molar-refractivity contribution in [2.75, 3.05) is 35.2 Å². The number of nitrogen functional groups attached to an aromatic ring is 1. The SMILES string of the molecule is Nc1cc(N2CCCS(=O)(=O)CC2)ccc1C(=O)O. The van der Waals surface area contributed by atoms with Crippen LogP contribution in [0.2, 0.25) is 0 Å². The van der Waals surface area contributed by atoms with Gasteiger partial charge in [-0.05, 0) is 24.6 Å². The van der Waals surface area contributed by atoms with Crippen molar-refractivity contribution in [3.8, 4) is 0 Å². The van der Waals surface area contributed by atoms with Gasteiger partial charge in [0.2, 0.25) is 0 Å². The van der Waals surface area contributed by atoms with Crippen LogP contribution < -0.4 is 10.6 Å². The lowest BCUT2D eigenvalue weighted by Gasteiger charge is -2.22.